The normalized spacial score (nSPS) is 22.6. The molecule has 0 spiro atoms. The second kappa shape index (κ2) is 9.47. The van der Waals surface area contributed by atoms with Gasteiger partial charge in [0.2, 0.25) is 0 Å². The first-order valence-corrected chi connectivity index (χ1v) is 10.5. The Hall–Kier alpha value is -2.61. The van der Waals surface area contributed by atoms with Gasteiger partial charge in [-0.15, -0.1) is 0 Å². The highest BCUT2D eigenvalue weighted by atomic mass is 16.5. The number of carbonyl (C=O) groups excluding carboxylic acids is 1. The third-order valence-electron chi connectivity index (χ3n) is 6.04. The molecule has 7 heteroatoms. The zero-order valence-electron chi connectivity index (χ0n) is 17.6. The number of likely N-dealkylation sites (tertiary alicyclic amines) is 1. The van der Waals surface area contributed by atoms with Crippen molar-refractivity contribution in [3.63, 3.8) is 0 Å². The lowest BCUT2D eigenvalue weighted by Gasteiger charge is -2.35. The van der Waals surface area contributed by atoms with Crippen molar-refractivity contribution < 1.29 is 14.3 Å². The minimum Gasteiger partial charge on any atom is -0.493 e. The molecule has 2 fully saturated rings. The molecule has 2 aliphatic rings. The Bertz CT molecular complexity index is 853. The van der Waals surface area contributed by atoms with Crippen LogP contribution in [0.3, 0.4) is 0 Å². The van der Waals surface area contributed by atoms with E-state index in [0.29, 0.717) is 29.3 Å². The van der Waals surface area contributed by atoms with Crippen molar-refractivity contribution >= 4 is 5.91 Å². The summed E-state index contributed by atoms with van der Waals surface area (Å²) in [5.74, 6) is 1.11. The summed E-state index contributed by atoms with van der Waals surface area (Å²) in [6.45, 7) is 1.91. The van der Waals surface area contributed by atoms with Gasteiger partial charge in [0.1, 0.15) is 0 Å². The molecule has 2 heterocycles. The van der Waals surface area contributed by atoms with Crippen molar-refractivity contribution in [2.45, 2.75) is 37.5 Å². The second-order valence-corrected chi connectivity index (χ2v) is 7.86. The highest BCUT2D eigenvalue weighted by molar-refractivity contribution is 5.95. The largest absolute Gasteiger partial charge is 0.493 e. The van der Waals surface area contributed by atoms with E-state index in [4.69, 9.17) is 9.47 Å². The van der Waals surface area contributed by atoms with Crippen molar-refractivity contribution in [3.05, 3.63) is 59.7 Å². The predicted molar refractivity (Wildman–Crippen MR) is 115 cm³/mol. The molecule has 0 radical (unpaired) electrons. The average Bonchev–Trinajstić information content (AvgIpc) is 3.30. The number of rotatable bonds is 6. The van der Waals surface area contributed by atoms with Gasteiger partial charge in [0, 0.05) is 30.7 Å². The van der Waals surface area contributed by atoms with Crippen LogP contribution in [0, 0.1) is 0 Å². The van der Waals surface area contributed by atoms with Gasteiger partial charge < -0.3 is 14.8 Å². The van der Waals surface area contributed by atoms with Crippen LogP contribution in [0.5, 0.6) is 11.5 Å². The van der Waals surface area contributed by atoms with Crippen LogP contribution < -0.4 is 25.6 Å². The van der Waals surface area contributed by atoms with Gasteiger partial charge >= 0.3 is 0 Å². The summed E-state index contributed by atoms with van der Waals surface area (Å²) in [6, 6.07) is 16.3. The number of hydrogen-bond acceptors (Lipinski definition) is 6. The molecule has 0 aromatic heterocycles. The van der Waals surface area contributed by atoms with Crippen molar-refractivity contribution in [3.8, 4) is 11.5 Å². The molecular formula is C23H30N4O3. The molecule has 2 aromatic carbocycles. The highest BCUT2D eigenvalue weighted by Crippen LogP contribution is 2.28. The van der Waals surface area contributed by atoms with Crippen LogP contribution in [-0.2, 0) is 0 Å². The predicted octanol–water partition coefficient (Wildman–Crippen LogP) is 2.46. The molecule has 7 nitrogen and oxygen atoms in total. The number of methoxy groups -OCH3 is 2. The lowest BCUT2D eigenvalue weighted by molar-refractivity contribution is 0.0879. The molecule has 4 rings (SSSR count). The Balaban J connectivity index is 1.27. The average molecular weight is 411 g/mol. The number of carbonyl (C=O) groups is 1. The molecule has 0 bridgehead atoms. The quantitative estimate of drug-likeness (QED) is 0.679. The summed E-state index contributed by atoms with van der Waals surface area (Å²) in [7, 11) is 3.16. The molecule has 0 aliphatic carbocycles. The topological polar surface area (TPSA) is 74.9 Å². The van der Waals surface area contributed by atoms with Gasteiger partial charge in [-0.05, 0) is 43.0 Å². The van der Waals surface area contributed by atoms with Crippen LogP contribution >= 0.6 is 0 Å². The fourth-order valence-corrected chi connectivity index (χ4v) is 4.28. The Labute approximate surface area is 177 Å². The number of hydrogen-bond donors (Lipinski definition) is 3. The summed E-state index contributed by atoms with van der Waals surface area (Å²) in [5, 5.41) is 3.17. The van der Waals surface area contributed by atoms with E-state index in [1.54, 1.807) is 32.4 Å². The maximum absolute atomic E-state index is 12.7. The molecule has 3 N–H and O–H groups in total. The summed E-state index contributed by atoms with van der Waals surface area (Å²) >= 11 is 0. The van der Waals surface area contributed by atoms with E-state index in [2.05, 4.69) is 45.3 Å². The molecule has 1 amide bonds. The highest BCUT2D eigenvalue weighted by Gasteiger charge is 2.32. The number of amides is 1. The lowest BCUT2D eigenvalue weighted by Crippen LogP contribution is -2.51. The van der Waals surface area contributed by atoms with Gasteiger partial charge in [-0.2, -0.15) is 0 Å². The van der Waals surface area contributed by atoms with Gasteiger partial charge in [0.15, 0.2) is 11.5 Å². The van der Waals surface area contributed by atoms with Crippen molar-refractivity contribution in [1.29, 1.82) is 0 Å². The fraction of sp³-hybridized carbons (Fsp3) is 0.435. The molecule has 2 aliphatic heterocycles. The van der Waals surface area contributed by atoms with Gasteiger partial charge in [-0.1, -0.05) is 30.3 Å². The Kier molecular flexibility index (Phi) is 6.52. The Morgan fingerprint density at radius 1 is 1.00 bits per heavy atom. The van der Waals surface area contributed by atoms with E-state index in [1.807, 2.05) is 6.07 Å². The van der Waals surface area contributed by atoms with Crippen LogP contribution in [0.1, 0.15) is 41.2 Å². The van der Waals surface area contributed by atoms with Crippen molar-refractivity contribution in [1.82, 2.24) is 21.1 Å². The van der Waals surface area contributed by atoms with Gasteiger partial charge in [-0.25, -0.2) is 10.9 Å². The molecule has 160 valence electrons. The summed E-state index contributed by atoms with van der Waals surface area (Å²) in [4.78, 5) is 15.1. The number of nitrogens with one attached hydrogen (secondary N) is 3. The Morgan fingerprint density at radius 3 is 2.43 bits per heavy atom. The molecule has 2 atom stereocenters. The standard InChI is InChI=1S/C23H30N4O3/c1-29-20-9-8-17(14-21(20)30-2)23(28)24-18-10-12-27(13-11-18)22-15-19(25-26-22)16-6-4-3-5-7-16/h3-9,14,18-19,22,25-26H,10-13,15H2,1-2H3,(H,24,28). The molecule has 30 heavy (non-hydrogen) atoms. The second-order valence-electron chi connectivity index (χ2n) is 7.86. The van der Waals surface area contributed by atoms with Crippen LogP contribution in [-0.4, -0.2) is 50.3 Å². The molecule has 2 saturated heterocycles. The van der Waals surface area contributed by atoms with E-state index < -0.39 is 0 Å². The van der Waals surface area contributed by atoms with Gasteiger partial charge in [-0.3, -0.25) is 9.69 Å². The van der Waals surface area contributed by atoms with Crippen LogP contribution in [0.15, 0.2) is 48.5 Å². The maximum Gasteiger partial charge on any atom is 0.251 e. The number of nitrogens with zero attached hydrogens (tertiary/aromatic N) is 1. The molecule has 0 saturated carbocycles. The summed E-state index contributed by atoms with van der Waals surface area (Å²) in [6.07, 6.45) is 3.23. The minimum atomic E-state index is -0.0702. The maximum atomic E-state index is 12.7. The molecule has 2 unspecified atom stereocenters. The number of benzene rings is 2. The monoisotopic (exact) mass is 410 g/mol. The van der Waals surface area contributed by atoms with E-state index in [1.165, 1.54) is 5.56 Å². The zero-order valence-corrected chi connectivity index (χ0v) is 17.6. The first-order chi connectivity index (χ1) is 14.7. The van der Waals surface area contributed by atoms with Crippen molar-refractivity contribution in [2.75, 3.05) is 27.3 Å². The lowest BCUT2D eigenvalue weighted by atomic mass is 10.0. The summed E-state index contributed by atoms with van der Waals surface area (Å²) < 4.78 is 10.5. The molecular weight excluding hydrogens is 380 g/mol. The van der Waals surface area contributed by atoms with E-state index >= 15 is 0 Å². The summed E-state index contributed by atoms with van der Waals surface area (Å²) in [5.41, 5.74) is 8.76. The SMILES string of the molecule is COc1ccc(C(=O)NC2CCN(C3CC(c4ccccc4)NN3)CC2)cc1OC. The van der Waals surface area contributed by atoms with E-state index in [0.717, 1.165) is 32.4 Å². The van der Waals surface area contributed by atoms with Gasteiger partial charge in [0.05, 0.1) is 20.4 Å². The molecule has 2 aromatic rings. The van der Waals surface area contributed by atoms with E-state index in [9.17, 15) is 4.79 Å². The smallest absolute Gasteiger partial charge is 0.251 e. The first kappa shape index (κ1) is 20.7. The third-order valence-corrected chi connectivity index (χ3v) is 6.04. The third kappa shape index (κ3) is 4.59. The first-order valence-electron chi connectivity index (χ1n) is 10.5. The number of ether oxygens (including phenoxy) is 2. The number of hydrazine groups is 1. The minimum absolute atomic E-state index is 0.0702. The van der Waals surface area contributed by atoms with Crippen LogP contribution in [0.25, 0.3) is 0 Å². The van der Waals surface area contributed by atoms with Crippen LogP contribution in [0.4, 0.5) is 0 Å². The van der Waals surface area contributed by atoms with Crippen molar-refractivity contribution in [2.24, 2.45) is 0 Å². The Morgan fingerprint density at radius 2 is 1.73 bits per heavy atom. The van der Waals surface area contributed by atoms with Gasteiger partial charge in [0.25, 0.3) is 5.91 Å². The zero-order chi connectivity index (χ0) is 20.9. The van der Waals surface area contributed by atoms with E-state index in [-0.39, 0.29) is 11.9 Å². The fourth-order valence-electron chi connectivity index (χ4n) is 4.28. The van der Waals surface area contributed by atoms with Crippen LogP contribution in [0.2, 0.25) is 0 Å². The number of piperidine rings is 1.